The van der Waals surface area contributed by atoms with E-state index in [4.69, 9.17) is 14.2 Å². The van der Waals surface area contributed by atoms with Crippen LogP contribution in [0.15, 0.2) is 115 Å². The van der Waals surface area contributed by atoms with Crippen LogP contribution in [0.2, 0.25) is 0 Å². The van der Waals surface area contributed by atoms with Crippen LogP contribution in [-0.2, 0) is 5.60 Å². The molecule has 0 radical (unpaired) electrons. The van der Waals surface area contributed by atoms with Gasteiger partial charge < -0.3 is 14.2 Å². The molecule has 0 fully saturated rings. The second-order valence-electron chi connectivity index (χ2n) is 9.71. The number of benzene rings is 5. The molecule has 1 atom stereocenters. The van der Waals surface area contributed by atoms with Gasteiger partial charge in [-0.2, -0.15) is 0 Å². The molecule has 0 amide bonds. The fraction of sp³-hybridized carbons (Fsp3) is 0.0588. The highest BCUT2D eigenvalue weighted by atomic mass is 16.6. The van der Waals surface area contributed by atoms with Crippen molar-refractivity contribution in [1.82, 2.24) is 0 Å². The van der Waals surface area contributed by atoms with E-state index < -0.39 is 5.60 Å². The first kappa shape index (κ1) is 23.7. The Balaban J connectivity index is 1.50. The largest absolute Gasteiger partial charge is 0.497 e. The summed E-state index contributed by atoms with van der Waals surface area (Å²) in [6, 6.07) is 34.5. The molecule has 2 aliphatic rings. The second kappa shape index (κ2) is 9.13. The molecule has 5 aromatic carbocycles. The molecule has 1 unspecified atom stereocenters. The molecule has 0 saturated heterocycles. The number of ether oxygens (including phenoxy) is 3. The van der Waals surface area contributed by atoms with Crippen LogP contribution in [0.5, 0.6) is 17.2 Å². The Morgan fingerprint density at radius 1 is 0.800 bits per heavy atom. The van der Waals surface area contributed by atoms with Gasteiger partial charge in [-0.05, 0) is 58.8 Å². The van der Waals surface area contributed by atoms with Gasteiger partial charge in [0.1, 0.15) is 23.0 Å². The number of non-ortho nitro benzene ring substituents is 1. The minimum absolute atomic E-state index is 0.0558. The smallest absolute Gasteiger partial charge is 0.270 e. The maximum absolute atomic E-state index is 11.4. The fourth-order valence-corrected chi connectivity index (χ4v) is 5.61. The molecular formula is C34H23NO5. The SMILES string of the molecule is COc1ccc(C2=C(c3ccccc3)Oc3ccccc3C23C=Cc2c(ccc4cc([N+](=O)[O-])ccc24)O3)cc1. The second-order valence-corrected chi connectivity index (χ2v) is 9.71. The van der Waals surface area contributed by atoms with E-state index in [1.54, 1.807) is 19.2 Å². The summed E-state index contributed by atoms with van der Waals surface area (Å²) in [4.78, 5) is 11.0. The predicted octanol–water partition coefficient (Wildman–Crippen LogP) is 8.02. The molecule has 0 aliphatic carbocycles. The van der Waals surface area contributed by atoms with Gasteiger partial charge in [-0.1, -0.05) is 66.7 Å². The number of hydrogen-bond donors (Lipinski definition) is 0. The molecule has 2 heterocycles. The number of nitro benzene ring substituents is 1. The zero-order valence-corrected chi connectivity index (χ0v) is 21.5. The van der Waals surface area contributed by atoms with Crippen LogP contribution >= 0.6 is 0 Å². The molecule has 0 saturated carbocycles. The lowest BCUT2D eigenvalue weighted by Crippen LogP contribution is -2.38. The molecule has 7 rings (SSSR count). The normalized spacial score (nSPS) is 17.1. The minimum Gasteiger partial charge on any atom is -0.497 e. The van der Waals surface area contributed by atoms with E-state index in [9.17, 15) is 10.1 Å². The van der Waals surface area contributed by atoms with Crippen molar-refractivity contribution in [2.75, 3.05) is 7.11 Å². The molecule has 2 aliphatic heterocycles. The van der Waals surface area contributed by atoms with Gasteiger partial charge in [0.25, 0.3) is 5.69 Å². The highest BCUT2D eigenvalue weighted by Crippen LogP contribution is 2.55. The number of nitrogens with zero attached hydrogens (tertiary/aromatic N) is 1. The van der Waals surface area contributed by atoms with Crippen molar-refractivity contribution >= 4 is 33.9 Å². The van der Waals surface area contributed by atoms with Crippen molar-refractivity contribution < 1.29 is 19.1 Å². The van der Waals surface area contributed by atoms with Gasteiger partial charge in [-0.3, -0.25) is 10.1 Å². The van der Waals surface area contributed by atoms with Gasteiger partial charge in [0.15, 0.2) is 5.60 Å². The number of rotatable bonds is 4. The summed E-state index contributed by atoms with van der Waals surface area (Å²) in [5.74, 6) is 2.85. The first-order chi connectivity index (χ1) is 19.6. The van der Waals surface area contributed by atoms with Crippen LogP contribution < -0.4 is 14.2 Å². The number of fused-ring (bicyclic) bond motifs is 5. The van der Waals surface area contributed by atoms with Crippen LogP contribution in [-0.4, -0.2) is 12.0 Å². The average Bonchev–Trinajstić information content (AvgIpc) is 3.01. The third-order valence-electron chi connectivity index (χ3n) is 7.48. The van der Waals surface area contributed by atoms with Gasteiger partial charge >= 0.3 is 0 Å². The summed E-state index contributed by atoms with van der Waals surface area (Å²) < 4.78 is 19.1. The summed E-state index contributed by atoms with van der Waals surface area (Å²) in [6.07, 6.45) is 4.13. The van der Waals surface area contributed by atoms with E-state index in [-0.39, 0.29) is 10.6 Å². The number of para-hydroxylation sites is 1. The summed E-state index contributed by atoms with van der Waals surface area (Å²) in [6.45, 7) is 0. The summed E-state index contributed by atoms with van der Waals surface area (Å²) >= 11 is 0. The van der Waals surface area contributed by atoms with Crippen LogP contribution in [0.25, 0.3) is 28.2 Å². The monoisotopic (exact) mass is 525 g/mol. The Labute approximate surface area is 230 Å². The van der Waals surface area contributed by atoms with Gasteiger partial charge in [0.05, 0.1) is 17.6 Å². The molecule has 0 bridgehead atoms. The standard InChI is InChI=1S/C34H23NO5/c1-38-26-15-11-22(12-16-26)32-33(23-7-3-2-4-8-23)39-31-10-6-5-9-29(31)34(32)20-19-28-27-17-14-25(35(36)37)21-24(27)13-18-30(28)40-34/h2-21H,1H3. The molecule has 6 heteroatoms. The van der Waals surface area contributed by atoms with E-state index in [1.165, 1.54) is 6.07 Å². The summed E-state index contributed by atoms with van der Waals surface area (Å²) in [5.41, 5.74) is 3.53. The van der Waals surface area contributed by atoms with Crippen molar-refractivity contribution in [3.63, 3.8) is 0 Å². The van der Waals surface area contributed by atoms with Crippen molar-refractivity contribution in [2.24, 2.45) is 0 Å². The first-order valence-corrected chi connectivity index (χ1v) is 12.9. The molecule has 1 spiro atoms. The van der Waals surface area contributed by atoms with Crippen molar-refractivity contribution in [3.05, 3.63) is 148 Å². The summed E-state index contributed by atoms with van der Waals surface area (Å²) in [5, 5.41) is 13.0. The lowest BCUT2D eigenvalue weighted by Gasteiger charge is -2.42. The van der Waals surface area contributed by atoms with Gasteiger partial charge in [-0.15, -0.1) is 0 Å². The van der Waals surface area contributed by atoms with Crippen molar-refractivity contribution in [2.45, 2.75) is 5.60 Å². The topological polar surface area (TPSA) is 70.8 Å². The minimum atomic E-state index is -1.00. The Morgan fingerprint density at radius 2 is 1.57 bits per heavy atom. The molecule has 40 heavy (non-hydrogen) atoms. The van der Waals surface area contributed by atoms with Gasteiger partial charge in [0, 0.05) is 28.8 Å². The van der Waals surface area contributed by atoms with Crippen LogP contribution in [0.3, 0.4) is 0 Å². The molecule has 0 N–H and O–H groups in total. The third kappa shape index (κ3) is 3.65. The number of nitro groups is 1. The quantitative estimate of drug-likeness (QED) is 0.176. The fourth-order valence-electron chi connectivity index (χ4n) is 5.61. The summed E-state index contributed by atoms with van der Waals surface area (Å²) in [7, 11) is 1.65. The Kier molecular flexibility index (Phi) is 5.42. The van der Waals surface area contributed by atoms with Gasteiger partial charge in [0.2, 0.25) is 0 Å². The highest BCUT2D eigenvalue weighted by molar-refractivity contribution is 6.00. The Hall–Kier alpha value is -5.36. The van der Waals surface area contributed by atoms with E-state index in [1.807, 2.05) is 91.0 Å². The first-order valence-electron chi connectivity index (χ1n) is 12.9. The van der Waals surface area contributed by atoms with Crippen LogP contribution in [0, 0.1) is 10.1 Å². The van der Waals surface area contributed by atoms with Crippen LogP contribution in [0.1, 0.15) is 22.3 Å². The Morgan fingerprint density at radius 3 is 2.35 bits per heavy atom. The van der Waals surface area contributed by atoms with E-state index in [2.05, 4.69) is 12.2 Å². The van der Waals surface area contributed by atoms with E-state index >= 15 is 0 Å². The number of hydrogen-bond acceptors (Lipinski definition) is 5. The molecule has 0 aromatic heterocycles. The molecule has 5 aromatic rings. The zero-order chi connectivity index (χ0) is 27.3. The highest BCUT2D eigenvalue weighted by Gasteiger charge is 2.47. The van der Waals surface area contributed by atoms with Gasteiger partial charge in [-0.25, -0.2) is 0 Å². The van der Waals surface area contributed by atoms with E-state index in [0.29, 0.717) is 17.3 Å². The zero-order valence-electron chi connectivity index (χ0n) is 21.5. The average molecular weight is 526 g/mol. The lowest BCUT2D eigenvalue weighted by molar-refractivity contribution is -0.384. The van der Waals surface area contributed by atoms with E-state index in [0.717, 1.165) is 44.3 Å². The third-order valence-corrected chi connectivity index (χ3v) is 7.48. The molecular weight excluding hydrogens is 502 g/mol. The molecule has 194 valence electrons. The maximum Gasteiger partial charge on any atom is 0.270 e. The predicted molar refractivity (Wildman–Crippen MR) is 155 cm³/mol. The lowest BCUT2D eigenvalue weighted by atomic mass is 9.76. The van der Waals surface area contributed by atoms with Crippen LogP contribution in [0.4, 0.5) is 5.69 Å². The molecule has 6 nitrogen and oxygen atoms in total. The van der Waals surface area contributed by atoms with Crippen molar-refractivity contribution in [3.8, 4) is 17.2 Å². The number of methoxy groups -OCH3 is 1. The van der Waals surface area contributed by atoms with Crippen molar-refractivity contribution in [1.29, 1.82) is 0 Å². The Bertz CT molecular complexity index is 1860. The maximum atomic E-state index is 11.4.